The summed E-state index contributed by atoms with van der Waals surface area (Å²) in [5.41, 5.74) is 0.870. The number of pyridine rings is 1. The summed E-state index contributed by atoms with van der Waals surface area (Å²) in [7, 11) is 0. The molecule has 1 aromatic rings. The van der Waals surface area contributed by atoms with Gasteiger partial charge in [0.05, 0.1) is 11.9 Å². The number of rotatable bonds is 6. The summed E-state index contributed by atoms with van der Waals surface area (Å²) in [5, 5.41) is 12.3. The average molecular weight is 240 g/mol. The molecular weight excluding hydrogens is 219 g/mol. The van der Waals surface area contributed by atoms with Crippen LogP contribution in [0.2, 0.25) is 0 Å². The van der Waals surface area contributed by atoms with Gasteiger partial charge in [0.1, 0.15) is 5.82 Å². The lowest BCUT2D eigenvalue weighted by Gasteiger charge is -2.26. The highest BCUT2D eigenvalue weighted by Crippen LogP contribution is 2.20. The maximum Gasteiger partial charge on any atom is 0.141 e. The van der Waals surface area contributed by atoms with Gasteiger partial charge in [-0.15, -0.1) is 0 Å². The number of nitrogens with one attached hydrogen (secondary N) is 1. The molecular formula is C13H21FN2O. The van der Waals surface area contributed by atoms with E-state index < -0.39 is 0 Å². The molecule has 0 fully saturated rings. The van der Waals surface area contributed by atoms with Gasteiger partial charge < -0.3 is 10.4 Å². The topological polar surface area (TPSA) is 45.1 Å². The lowest BCUT2D eigenvalue weighted by Crippen LogP contribution is -2.32. The van der Waals surface area contributed by atoms with Gasteiger partial charge in [0.2, 0.25) is 0 Å². The fourth-order valence-corrected chi connectivity index (χ4v) is 1.57. The Balaban J connectivity index is 2.49. The van der Waals surface area contributed by atoms with Gasteiger partial charge in [-0.2, -0.15) is 0 Å². The summed E-state index contributed by atoms with van der Waals surface area (Å²) < 4.78 is 12.7. The van der Waals surface area contributed by atoms with E-state index in [2.05, 4.69) is 24.1 Å². The van der Waals surface area contributed by atoms with Gasteiger partial charge in [-0.25, -0.2) is 4.39 Å². The second kappa shape index (κ2) is 6.07. The van der Waals surface area contributed by atoms with Crippen LogP contribution in [0.15, 0.2) is 18.3 Å². The fourth-order valence-electron chi connectivity index (χ4n) is 1.57. The highest BCUT2D eigenvalue weighted by atomic mass is 19.1. The van der Waals surface area contributed by atoms with Crippen LogP contribution >= 0.6 is 0 Å². The van der Waals surface area contributed by atoms with E-state index in [1.165, 1.54) is 12.3 Å². The van der Waals surface area contributed by atoms with Gasteiger partial charge in [0.15, 0.2) is 0 Å². The third-order valence-electron chi connectivity index (χ3n) is 2.87. The Bertz CT molecular complexity index is 338. The van der Waals surface area contributed by atoms with Crippen LogP contribution in [0.1, 0.15) is 38.9 Å². The van der Waals surface area contributed by atoms with Crippen molar-refractivity contribution in [2.24, 2.45) is 5.41 Å². The smallest absolute Gasteiger partial charge is 0.141 e. The molecule has 3 nitrogen and oxygen atoms in total. The van der Waals surface area contributed by atoms with Gasteiger partial charge in [-0.05, 0) is 30.9 Å². The number of hydrogen-bond donors (Lipinski definition) is 2. The molecule has 1 heterocycles. The first-order valence-corrected chi connectivity index (χ1v) is 5.90. The van der Waals surface area contributed by atoms with Crippen LogP contribution in [0, 0.1) is 11.2 Å². The molecule has 96 valence electrons. The fraction of sp³-hybridized carbons (Fsp3) is 0.615. The number of aliphatic hydroxyl groups excluding tert-OH is 1. The first-order chi connectivity index (χ1) is 7.94. The first kappa shape index (κ1) is 14.1. The van der Waals surface area contributed by atoms with E-state index in [1.54, 1.807) is 6.07 Å². The minimum Gasteiger partial charge on any atom is -0.396 e. The SMILES string of the molecule is CC(NCC(C)(C)CCO)c1ccc(F)cn1. The number of nitrogens with zero attached hydrogens (tertiary/aromatic N) is 1. The zero-order chi connectivity index (χ0) is 12.9. The van der Waals surface area contributed by atoms with Gasteiger partial charge in [-0.3, -0.25) is 4.98 Å². The van der Waals surface area contributed by atoms with Crippen molar-refractivity contribution in [2.75, 3.05) is 13.2 Å². The van der Waals surface area contributed by atoms with E-state index in [0.29, 0.717) is 0 Å². The lowest BCUT2D eigenvalue weighted by molar-refractivity contribution is 0.203. The summed E-state index contributed by atoms with van der Waals surface area (Å²) in [6.07, 6.45) is 1.98. The van der Waals surface area contributed by atoms with Crippen LogP contribution in [0.25, 0.3) is 0 Å². The van der Waals surface area contributed by atoms with Crippen molar-refractivity contribution in [3.8, 4) is 0 Å². The molecule has 4 heteroatoms. The Labute approximate surface area is 102 Å². The largest absolute Gasteiger partial charge is 0.396 e. The van der Waals surface area contributed by atoms with Crippen LogP contribution in [0.5, 0.6) is 0 Å². The van der Waals surface area contributed by atoms with Crippen LogP contribution in [0.3, 0.4) is 0 Å². The van der Waals surface area contributed by atoms with Crippen LogP contribution in [0.4, 0.5) is 4.39 Å². The summed E-state index contributed by atoms with van der Waals surface area (Å²) in [5.74, 6) is -0.318. The van der Waals surface area contributed by atoms with E-state index in [4.69, 9.17) is 5.11 Å². The van der Waals surface area contributed by atoms with Crippen LogP contribution < -0.4 is 5.32 Å². The summed E-state index contributed by atoms with van der Waals surface area (Å²) in [6, 6.07) is 3.18. The molecule has 2 N–H and O–H groups in total. The molecule has 0 aliphatic heterocycles. The second-order valence-electron chi connectivity index (χ2n) is 5.14. The Morgan fingerprint density at radius 2 is 2.18 bits per heavy atom. The highest BCUT2D eigenvalue weighted by molar-refractivity contribution is 5.09. The normalized spacial score (nSPS) is 13.7. The standard InChI is InChI=1S/C13H21FN2O/c1-10(12-5-4-11(14)8-15-12)16-9-13(2,3)6-7-17/h4-5,8,10,16-17H,6-7,9H2,1-3H3. The number of aromatic nitrogens is 1. The van der Waals surface area contributed by atoms with Gasteiger partial charge in [-0.1, -0.05) is 13.8 Å². The van der Waals surface area contributed by atoms with Crippen LogP contribution in [-0.2, 0) is 0 Å². The van der Waals surface area contributed by atoms with Gasteiger partial charge in [0, 0.05) is 19.2 Å². The molecule has 1 unspecified atom stereocenters. The third kappa shape index (κ3) is 4.79. The number of aliphatic hydroxyl groups is 1. The van der Waals surface area contributed by atoms with Crippen molar-refractivity contribution in [1.82, 2.24) is 10.3 Å². The van der Waals surface area contributed by atoms with Crippen molar-refractivity contribution in [3.05, 3.63) is 29.8 Å². The average Bonchev–Trinajstić information content (AvgIpc) is 2.27. The Hall–Kier alpha value is -1.00. The lowest BCUT2D eigenvalue weighted by atomic mass is 9.89. The van der Waals surface area contributed by atoms with E-state index in [-0.39, 0.29) is 23.9 Å². The Morgan fingerprint density at radius 3 is 2.71 bits per heavy atom. The maximum atomic E-state index is 12.7. The molecule has 0 aliphatic carbocycles. The zero-order valence-electron chi connectivity index (χ0n) is 10.7. The van der Waals surface area contributed by atoms with Crippen molar-refractivity contribution >= 4 is 0 Å². The predicted molar refractivity (Wildman–Crippen MR) is 66.1 cm³/mol. The Morgan fingerprint density at radius 1 is 1.47 bits per heavy atom. The molecule has 1 atom stereocenters. The van der Waals surface area contributed by atoms with Crippen molar-refractivity contribution in [2.45, 2.75) is 33.2 Å². The molecule has 0 aromatic carbocycles. The molecule has 0 aliphatic rings. The second-order valence-corrected chi connectivity index (χ2v) is 5.14. The van der Waals surface area contributed by atoms with Crippen molar-refractivity contribution < 1.29 is 9.50 Å². The van der Waals surface area contributed by atoms with Crippen molar-refractivity contribution in [3.63, 3.8) is 0 Å². The molecule has 0 saturated heterocycles. The van der Waals surface area contributed by atoms with Gasteiger partial charge >= 0.3 is 0 Å². The Kier molecular flexibility index (Phi) is 5.02. The minimum atomic E-state index is -0.318. The third-order valence-corrected chi connectivity index (χ3v) is 2.87. The first-order valence-electron chi connectivity index (χ1n) is 5.90. The molecule has 0 amide bonds. The molecule has 0 bridgehead atoms. The predicted octanol–water partition coefficient (Wildman–Crippen LogP) is 2.28. The molecule has 0 spiro atoms. The van der Waals surface area contributed by atoms with E-state index in [0.717, 1.165) is 18.7 Å². The summed E-state index contributed by atoms with van der Waals surface area (Å²) in [4.78, 5) is 4.04. The molecule has 17 heavy (non-hydrogen) atoms. The quantitative estimate of drug-likeness (QED) is 0.802. The molecule has 1 rings (SSSR count). The number of halogens is 1. The van der Waals surface area contributed by atoms with Crippen LogP contribution in [-0.4, -0.2) is 23.2 Å². The summed E-state index contributed by atoms with van der Waals surface area (Å²) in [6.45, 7) is 7.17. The number of hydrogen-bond acceptors (Lipinski definition) is 3. The maximum absolute atomic E-state index is 12.7. The minimum absolute atomic E-state index is 0.0447. The molecule has 0 radical (unpaired) electrons. The van der Waals surface area contributed by atoms with E-state index >= 15 is 0 Å². The highest BCUT2D eigenvalue weighted by Gasteiger charge is 2.18. The monoisotopic (exact) mass is 240 g/mol. The van der Waals surface area contributed by atoms with E-state index in [1.807, 2.05) is 6.92 Å². The summed E-state index contributed by atoms with van der Waals surface area (Å²) >= 11 is 0. The van der Waals surface area contributed by atoms with Gasteiger partial charge in [0.25, 0.3) is 0 Å². The van der Waals surface area contributed by atoms with Crippen molar-refractivity contribution in [1.29, 1.82) is 0 Å². The molecule has 1 aromatic heterocycles. The zero-order valence-corrected chi connectivity index (χ0v) is 10.7. The van der Waals surface area contributed by atoms with E-state index in [9.17, 15) is 4.39 Å². The molecule has 0 saturated carbocycles.